The Balaban J connectivity index is 2.23. The molecule has 1 heterocycles. The maximum Gasteiger partial charge on any atom is 0.125 e. The zero-order valence-corrected chi connectivity index (χ0v) is 10.9. The van der Waals surface area contributed by atoms with Gasteiger partial charge in [0.2, 0.25) is 0 Å². The van der Waals surface area contributed by atoms with Crippen LogP contribution < -0.4 is 4.90 Å². The van der Waals surface area contributed by atoms with Gasteiger partial charge in [-0.1, -0.05) is 0 Å². The van der Waals surface area contributed by atoms with Gasteiger partial charge in [0.25, 0.3) is 0 Å². The summed E-state index contributed by atoms with van der Waals surface area (Å²) in [5.74, 6) is 0.0894. The van der Waals surface area contributed by atoms with Gasteiger partial charge in [0.15, 0.2) is 0 Å². The zero-order valence-electron chi connectivity index (χ0n) is 10.1. The van der Waals surface area contributed by atoms with Crippen molar-refractivity contribution < 1.29 is 9.13 Å². The number of halogens is 2. The molecule has 2 atom stereocenters. The van der Waals surface area contributed by atoms with Crippen LogP contribution >= 0.6 is 11.6 Å². The first-order valence-electron chi connectivity index (χ1n) is 5.81. The number of anilines is 1. The summed E-state index contributed by atoms with van der Waals surface area (Å²) in [6.45, 7) is 2.82. The lowest BCUT2D eigenvalue weighted by atomic mass is 10.1. The molecule has 1 aliphatic rings. The maximum absolute atomic E-state index is 13.4. The van der Waals surface area contributed by atoms with Gasteiger partial charge in [0.1, 0.15) is 5.82 Å². The molecule has 0 aliphatic carbocycles. The Morgan fingerprint density at radius 1 is 1.47 bits per heavy atom. The first-order valence-corrected chi connectivity index (χ1v) is 6.35. The molecule has 4 heteroatoms. The van der Waals surface area contributed by atoms with Crippen molar-refractivity contribution in [2.75, 3.05) is 18.6 Å². The Hall–Kier alpha value is -0.800. The van der Waals surface area contributed by atoms with Crippen molar-refractivity contribution in [3.63, 3.8) is 0 Å². The van der Waals surface area contributed by atoms with Gasteiger partial charge in [-0.25, -0.2) is 4.39 Å². The van der Waals surface area contributed by atoms with Crippen LogP contribution in [0.15, 0.2) is 18.2 Å². The van der Waals surface area contributed by atoms with Crippen LogP contribution in [0.5, 0.6) is 0 Å². The minimum atomic E-state index is -0.239. The van der Waals surface area contributed by atoms with E-state index < -0.39 is 0 Å². The van der Waals surface area contributed by atoms with Crippen molar-refractivity contribution in [1.29, 1.82) is 0 Å². The molecule has 1 aliphatic heterocycles. The maximum atomic E-state index is 13.4. The second kappa shape index (κ2) is 5.23. The Morgan fingerprint density at radius 2 is 2.24 bits per heavy atom. The predicted octanol–water partition coefficient (Wildman–Crippen LogP) is 3.18. The van der Waals surface area contributed by atoms with Crippen LogP contribution in [-0.4, -0.2) is 25.8 Å². The highest BCUT2D eigenvalue weighted by Crippen LogP contribution is 2.26. The topological polar surface area (TPSA) is 12.5 Å². The molecule has 1 aromatic rings. The summed E-state index contributed by atoms with van der Waals surface area (Å²) in [5, 5.41) is 0. The van der Waals surface area contributed by atoms with Crippen molar-refractivity contribution in [2.24, 2.45) is 0 Å². The summed E-state index contributed by atoms with van der Waals surface area (Å²) in [6.07, 6.45) is 1.16. The molecule has 0 saturated carbocycles. The van der Waals surface area contributed by atoms with Gasteiger partial charge >= 0.3 is 0 Å². The third kappa shape index (κ3) is 2.72. The lowest BCUT2D eigenvalue weighted by Crippen LogP contribution is -2.36. The van der Waals surface area contributed by atoms with Gasteiger partial charge < -0.3 is 9.64 Å². The fourth-order valence-corrected chi connectivity index (χ4v) is 2.49. The Bertz CT molecular complexity index is 399. The first-order chi connectivity index (χ1) is 8.11. The van der Waals surface area contributed by atoms with E-state index in [-0.39, 0.29) is 11.9 Å². The van der Waals surface area contributed by atoms with Crippen LogP contribution in [-0.2, 0) is 10.6 Å². The van der Waals surface area contributed by atoms with Crippen LogP contribution in [0.4, 0.5) is 10.1 Å². The minimum Gasteiger partial charge on any atom is -0.376 e. The third-order valence-corrected chi connectivity index (χ3v) is 3.65. The van der Waals surface area contributed by atoms with Gasteiger partial charge in [-0.3, -0.25) is 0 Å². The molecule has 2 unspecified atom stereocenters. The summed E-state index contributed by atoms with van der Waals surface area (Å²) in [6, 6.07) is 5.25. The quantitative estimate of drug-likeness (QED) is 0.772. The van der Waals surface area contributed by atoms with Crippen LogP contribution in [0, 0.1) is 5.82 Å². The molecular formula is C13H17ClFNO. The van der Waals surface area contributed by atoms with Gasteiger partial charge in [0.05, 0.1) is 12.1 Å². The monoisotopic (exact) mass is 257 g/mol. The van der Waals surface area contributed by atoms with E-state index in [1.54, 1.807) is 6.07 Å². The number of likely N-dealkylation sites (N-methyl/N-ethyl adjacent to an activating group) is 1. The molecule has 0 bridgehead atoms. The predicted molar refractivity (Wildman–Crippen MR) is 68.2 cm³/mol. The van der Waals surface area contributed by atoms with Crippen molar-refractivity contribution in [3.05, 3.63) is 29.6 Å². The minimum absolute atomic E-state index is 0.183. The number of nitrogens with zero attached hydrogens (tertiary/aromatic N) is 1. The van der Waals surface area contributed by atoms with Gasteiger partial charge in [-0.05, 0) is 37.1 Å². The smallest absolute Gasteiger partial charge is 0.125 e. The van der Waals surface area contributed by atoms with Crippen molar-refractivity contribution in [2.45, 2.75) is 31.4 Å². The summed E-state index contributed by atoms with van der Waals surface area (Å²) in [4.78, 5) is 2.08. The largest absolute Gasteiger partial charge is 0.376 e. The van der Waals surface area contributed by atoms with Gasteiger partial charge in [0, 0.05) is 25.2 Å². The fourth-order valence-electron chi connectivity index (χ4n) is 2.33. The van der Waals surface area contributed by atoms with E-state index in [9.17, 15) is 4.39 Å². The Morgan fingerprint density at radius 3 is 2.82 bits per heavy atom. The highest BCUT2D eigenvalue weighted by atomic mass is 35.5. The van der Waals surface area contributed by atoms with Crippen molar-refractivity contribution in [3.8, 4) is 0 Å². The van der Waals surface area contributed by atoms with Crippen molar-refractivity contribution >= 4 is 17.3 Å². The molecule has 1 aromatic carbocycles. The number of benzene rings is 1. The molecular weight excluding hydrogens is 241 g/mol. The highest BCUT2D eigenvalue weighted by molar-refractivity contribution is 6.17. The highest BCUT2D eigenvalue weighted by Gasteiger charge is 2.28. The number of rotatable bonds is 3. The third-order valence-electron chi connectivity index (χ3n) is 3.34. The molecule has 1 saturated heterocycles. The van der Waals surface area contributed by atoms with Gasteiger partial charge in [-0.15, -0.1) is 11.6 Å². The zero-order chi connectivity index (χ0) is 12.4. The lowest BCUT2D eigenvalue weighted by molar-refractivity contribution is 0.118. The normalized spacial score (nSPS) is 24.0. The number of hydrogen-bond acceptors (Lipinski definition) is 2. The Labute approximate surface area is 106 Å². The van der Waals surface area contributed by atoms with E-state index in [0.717, 1.165) is 24.3 Å². The molecule has 2 rings (SSSR count). The van der Waals surface area contributed by atoms with Crippen LogP contribution in [0.1, 0.15) is 18.9 Å². The standard InChI is InChI=1S/C13H17ClFNO/c1-9-13(3-4-17-9)16(2)12-6-10(8-14)5-11(15)7-12/h5-7,9,13H,3-4,8H2,1-2H3. The lowest BCUT2D eigenvalue weighted by Gasteiger charge is -2.29. The molecule has 0 spiro atoms. The van der Waals surface area contributed by atoms with E-state index in [1.807, 2.05) is 13.1 Å². The first kappa shape index (κ1) is 12.7. The van der Waals surface area contributed by atoms with Crippen LogP contribution in [0.25, 0.3) is 0 Å². The second-order valence-electron chi connectivity index (χ2n) is 4.49. The molecule has 0 radical (unpaired) electrons. The number of ether oxygens (including phenoxy) is 1. The van der Waals surface area contributed by atoms with Crippen LogP contribution in [0.2, 0.25) is 0 Å². The number of alkyl halides is 1. The summed E-state index contributed by atoms with van der Waals surface area (Å²) < 4.78 is 19.0. The van der Waals surface area contributed by atoms with E-state index >= 15 is 0 Å². The molecule has 2 nitrogen and oxygen atoms in total. The summed E-state index contributed by atoms with van der Waals surface area (Å²) in [5.41, 5.74) is 1.67. The number of hydrogen-bond donors (Lipinski definition) is 0. The average molecular weight is 258 g/mol. The van der Waals surface area contributed by atoms with E-state index in [0.29, 0.717) is 11.9 Å². The second-order valence-corrected chi connectivity index (χ2v) is 4.76. The van der Waals surface area contributed by atoms with E-state index in [2.05, 4.69) is 11.8 Å². The fraction of sp³-hybridized carbons (Fsp3) is 0.538. The van der Waals surface area contributed by atoms with Crippen molar-refractivity contribution in [1.82, 2.24) is 0 Å². The molecule has 17 heavy (non-hydrogen) atoms. The van der Waals surface area contributed by atoms with Crippen LogP contribution in [0.3, 0.4) is 0 Å². The average Bonchev–Trinajstić information content (AvgIpc) is 2.73. The van der Waals surface area contributed by atoms with E-state index in [4.69, 9.17) is 16.3 Å². The molecule has 0 N–H and O–H groups in total. The SMILES string of the molecule is CC1OCCC1N(C)c1cc(F)cc(CCl)c1. The Kier molecular flexibility index (Phi) is 3.89. The summed E-state index contributed by atoms with van der Waals surface area (Å²) in [7, 11) is 1.97. The van der Waals surface area contributed by atoms with Gasteiger partial charge in [-0.2, -0.15) is 0 Å². The van der Waals surface area contributed by atoms with E-state index in [1.165, 1.54) is 6.07 Å². The molecule has 0 aromatic heterocycles. The molecule has 0 amide bonds. The molecule has 1 fully saturated rings. The molecule has 94 valence electrons. The summed E-state index contributed by atoms with van der Waals surface area (Å²) >= 11 is 5.75.